The molecule has 0 unspecified atom stereocenters. The molecule has 1 aromatic carbocycles. The molecule has 7 heteroatoms. The maximum absolute atomic E-state index is 12.9. The Labute approximate surface area is 143 Å². The van der Waals surface area contributed by atoms with Crippen molar-refractivity contribution in [1.29, 1.82) is 0 Å². The number of carbonyl (C=O) groups is 2. The van der Waals surface area contributed by atoms with Crippen molar-refractivity contribution < 1.29 is 14.0 Å². The van der Waals surface area contributed by atoms with E-state index >= 15 is 0 Å². The van der Waals surface area contributed by atoms with Gasteiger partial charge in [-0.05, 0) is 44.2 Å². The molecule has 0 aliphatic carbocycles. The summed E-state index contributed by atoms with van der Waals surface area (Å²) in [7, 11) is 0. The van der Waals surface area contributed by atoms with Crippen LogP contribution >= 0.6 is 11.3 Å². The molecule has 0 atom stereocenters. The summed E-state index contributed by atoms with van der Waals surface area (Å²) in [6.45, 7) is 3.63. The molecule has 0 saturated carbocycles. The van der Waals surface area contributed by atoms with Crippen molar-refractivity contribution in [2.75, 3.05) is 6.54 Å². The molecular formula is C17H18FN3O2S. The average Bonchev–Trinajstić information content (AvgIpc) is 3.00. The minimum atomic E-state index is -0.370. The highest BCUT2D eigenvalue weighted by Crippen LogP contribution is 2.24. The highest BCUT2D eigenvalue weighted by atomic mass is 32.1. The van der Waals surface area contributed by atoms with Gasteiger partial charge in [0.25, 0.3) is 0 Å². The molecule has 0 radical (unpaired) electrons. The number of nitrogens with zero attached hydrogens (tertiary/aromatic N) is 1. The highest BCUT2D eigenvalue weighted by molar-refractivity contribution is 7.13. The molecule has 126 valence electrons. The number of thiazole rings is 1. The van der Waals surface area contributed by atoms with E-state index in [4.69, 9.17) is 0 Å². The van der Waals surface area contributed by atoms with Gasteiger partial charge in [-0.1, -0.05) is 0 Å². The Hall–Kier alpha value is -2.54. The fourth-order valence-electron chi connectivity index (χ4n) is 1.85. The Morgan fingerprint density at radius 3 is 2.67 bits per heavy atom. The molecule has 2 aromatic rings. The first-order valence-corrected chi connectivity index (χ1v) is 8.29. The molecule has 0 saturated heterocycles. The molecule has 0 bridgehead atoms. The summed E-state index contributed by atoms with van der Waals surface area (Å²) in [5.41, 5.74) is 1.44. The van der Waals surface area contributed by atoms with Crippen molar-refractivity contribution in [3.63, 3.8) is 0 Å². The van der Waals surface area contributed by atoms with E-state index in [2.05, 4.69) is 15.6 Å². The summed E-state index contributed by atoms with van der Waals surface area (Å²) in [6.07, 6.45) is 2.89. The Balaban J connectivity index is 1.89. The Kier molecular flexibility index (Phi) is 6.20. The fourth-order valence-corrected chi connectivity index (χ4v) is 2.64. The van der Waals surface area contributed by atoms with Gasteiger partial charge in [-0.15, -0.1) is 11.3 Å². The SMILES string of the molecule is CC(C)NC(=O)CNC(=O)C=Cc1csc(-c2ccc(F)cc2)n1. The second-order valence-electron chi connectivity index (χ2n) is 5.36. The first-order valence-electron chi connectivity index (χ1n) is 7.41. The monoisotopic (exact) mass is 347 g/mol. The van der Waals surface area contributed by atoms with E-state index in [0.29, 0.717) is 5.69 Å². The lowest BCUT2D eigenvalue weighted by molar-refractivity contribution is -0.124. The van der Waals surface area contributed by atoms with Gasteiger partial charge in [-0.3, -0.25) is 9.59 Å². The topological polar surface area (TPSA) is 71.1 Å². The first-order chi connectivity index (χ1) is 11.4. The van der Waals surface area contributed by atoms with Gasteiger partial charge in [-0.25, -0.2) is 9.37 Å². The molecular weight excluding hydrogens is 329 g/mol. The number of carbonyl (C=O) groups excluding carboxylic acids is 2. The third kappa shape index (κ3) is 5.58. The minimum Gasteiger partial charge on any atom is -0.352 e. The van der Waals surface area contributed by atoms with Crippen LogP contribution in [0.25, 0.3) is 16.6 Å². The van der Waals surface area contributed by atoms with Gasteiger partial charge in [-0.2, -0.15) is 0 Å². The van der Waals surface area contributed by atoms with Gasteiger partial charge in [0.15, 0.2) is 0 Å². The van der Waals surface area contributed by atoms with Crippen LogP contribution in [0.3, 0.4) is 0 Å². The lowest BCUT2D eigenvalue weighted by atomic mass is 10.2. The summed E-state index contributed by atoms with van der Waals surface area (Å²) in [6, 6.07) is 6.09. The van der Waals surface area contributed by atoms with Crippen LogP contribution in [0.1, 0.15) is 19.5 Å². The summed E-state index contributed by atoms with van der Waals surface area (Å²) in [4.78, 5) is 27.5. The number of amides is 2. The van der Waals surface area contributed by atoms with E-state index in [1.807, 2.05) is 13.8 Å². The predicted molar refractivity (Wildman–Crippen MR) is 92.8 cm³/mol. The van der Waals surface area contributed by atoms with Crippen LogP contribution in [0.5, 0.6) is 0 Å². The van der Waals surface area contributed by atoms with Crippen molar-refractivity contribution in [2.24, 2.45) is 0 Å². The van der Waals surface area contributed by atoms with E-state index in [-0.39, 0.29) is 30.2 Å². The van der Waals surface area contributed by atoms with Gasteiger partial charge >= 0.3 is 0 Å². The van der Waals surface area contributed by atoms with Gasteiger partial charge in [0.05, 0.1) is 12.2 Å². The van der Waals surface area contributed by atoms with E-state index < -0.39 is 0 Å². The van der Waals surface area contributed by atoms with Crippen LogP contribution in [0, 0.1) is 5.82 Å². The summed E-state index contributed by atoms with van der Waals surface area (Å²) in [5, 5.41) is 7.72. The van der Waals surface area contributed by atoms with Crippen LogP contribution < -0.4 is 10.6 Å². The van der Waals surface area contributed by atoms with Crippen molar-refractivity contribution in [2.45, 2.75) is 19.9 Å². The van der Waals surface area contributed by atoms with E-state index in [1.54, 1.807) is 23.6 Å². The van der Waals surface area contributed by atoms with Crippen LogP contribution in [-0.4, -0.2) is 29.4 Å². The molecule has 24 heavy (non-hydrogen) atoms. The molecule has 0 aliphatic heterocycles. The van der Waals surface area contributed by atoms with Crippen molar-refractivity contribution in [1.82, 2.24) is 15.6 Å². The Morgan fingerprint density at radius 1 is 1.29 bits per heavy atom. The smallest absolute Gasteiger partial charge is 0.244 e. The summed E-state index contributed by atoms with van der Waals surface area (Å²) < 4.78 is 12.9. The van der Waals surface area contributed by atoms with Crippen LogP contribution in [0.2, 0.25) is 0 Å². The predicted octanol–water partition coefficient (Wildman–Crippen LogP) is 2.60. The Morgan fingerprint density at radius 2 is 2.00 bits per heavy atom. The standard InChI is InChI=1S/C17H18FN3O2S/c1-11(2)20-16(23)9-19-15(22)8-7-14-10-24-17(21-14)12-3-5-13(18)6-4-12/h3-8,10-11H,9H2,1-2H3,(H,19,22)(H,20,23). The molecule has 0 spiro atoms. The number of hydrogen-bond donors (Lipinski definition) is 2. The average molecular weight is 347 g/mol. The zero-order valence-corrected chi connectivity index (χ0v) is 14.2. The van der Waals surface area contributed by atoms with Gasteiger partial charge in [0.1, 0.15) is 10.8 Å². The van der Waals surface area contributed by atoms with Crippen LogP contribution in [0.4, 0.5) is 4.39 Å². The van der Waals surface area contributed by atoms with Gasteiger partial charge < -0.3 is 10.6 Å². The minimum absolute atomic E-state index is 0.0323. The zero-order chi connectivity index (χ0) is 17.5. The largest absolute Gasteiger partial charge is 0.352 e. The third-order valence-electron chi connectivity index (χ3n) is 2.89. The molecule has 0 aliphatic rings. The lowest BCUT2D eigenvalue weighted by Gasteiger charge is -2.07. The molecule has 1 aromatic heterocycles. The van der Waals surface area contributed by atoms with Crippen molar-refractivity contribution in [3.8, 4) is 10.6 Å². The molecule has 2 rings (SSSR count). The van der Waals surface area contributed by atoms with Gasteiger partial charge in [0.2, 0.25) is 11.8 Å². The van der Waals surface area contributed by atoms with E-state index in [1.165, 1.54) is 29.5 Å². The van der Waals surface area contributed by atoms with Crippen LogP contribution in [0.15, 0.2) is 35.7 Å². The fraction of sp³-hybridized carbons (Fsp3) is 0.235. The number of nitrogens with one attached hydrogen (secondary N) is 2. The second kappa shape index (κ2) is 8.35. The number of hydrogen-bond acceptors (Lipinski definition) is 4. The maximum Gasteiger partial charge on any atom is 0.244 e. The third-order valence-corrected chi connectivity index (χ3v) is 3.80. The summed E-state index contributed by atoms with van der Waals surface area (Å²) in [5.74, 6) is -0.905. The number of benzene rings is 1. The lowest BCUT2D eigenvalue weighted by Crippen LogP contribution is -2.39. The second-order valence-corrected chi connectivity index (χ2v) is 6.22. The maximum atomic E-state index is 12.9. The number of rotatable bonds is 6. The summed E-state index contributed by atoms with van der Waals surface area (Å²) >= 11 is 1.40. The van der Waals surface area contributed by atoms with E-state index in [0.717, 1.165) is 10.6 Å². The van der Waals surface area contributed by atoms with Crippen molar-refractivity contribution in [3.05, 3.63) is 47.2 Å². The van der Waals surface area contributed by atoms with Crippen molar-refractivity contribution >= 4 is 29.2 Å². The van der Waals surface area contributed by atoms with Gasteiger partial charge in [0, 0.05) is 23.1 Å². The normalized spacial score (nSPS) is 11.0. The number of halogens is 1. The van der Waals surface area contributed by atoms with Crippen LogP contribution in [-0.2, 0) is 9.59 Å². The first kappa shape index (κ1) is 17.8. The van der Waals surface area contributed by atoms with E-state index in [9.17, 15) is 14.0 Å². The molecule has 5 nitrogen and oxygen atoms in total. The number of aromatic nitrogens is 1. The molecule has 1 heterocycles. The quantitative estimate of drug-likeness (QED) is 0.789. The molecule has 2 amide bonds. The Bertz CT molecular complexity index is 739. The highest BCUT2D eigenvalue weighted by Gasteiger charge is 2.06. The molecule has 0 fully saturated rings. The molecule has 2 N–H and O–H groups in total. The zero-order valence-electron chi connectivity index (χ0n) is 13.4.